The highest BCUT2D eigenvalue weighted by atomic mass is 14.8. The number of nitrogens with one attached hydrogen (secondary N) is 1. The minimum Gasteiger partial charge on any atom is -0.346 e. The lowest BCUT2D eigenvalue weighted by Crippen LogP contribution is -2.02. The van der Waals surface area contributed by atoms with Crippen LogP contribution < -0.4 is 5.73 Å². The second kappa shape index (κ2) is 2.95. The zero-order valence-corrected chi connectivity index (χ0v) is 6.75. The van der Waals surface area contributed by atoms with E-state index in [-0.39, 0.29) is 0 Å². The van der Waals surface area contributed by atoms with Crippen molar-refractivity contribution in [2.24, 2.45) is 5.73 Å². The van der Waals surface area contributed by atoms with Crippen molar-refractivity contribution in [1.29, 1.82) is 0 Å². The molecule has 3 heteroatoms. The summed E-state index contributed by atoms with van der Waals surface area (Å²) in [7, 11) is 0. The van der Waals surface area contributed by atoms with Crippen molar-refractivity contribution in [2.45, 2.75) is 6.42 Å². The Kier molecular flexibility index (Phi) is 1.80. The predicted molar refractivity (Wildman–Crippen MR) is 48.9 cm³/mol. The van der Waals surface area contributed by atoms with Crippen molar-refractivity contribution in [2.75, 3.05) is 6.54 Å². The van der Waals surface area contributed by atoms with Crippen LogP contribution in [0, 0.1) is 0 Å². The molecule has 2 heterocycles. The van der Waals surface area contributed by atoms with Gasteiger partial charge in [-0.1, -0.05) is 0 Å². The molecule has 0 aliphatic heterocycles. The van der Waals surface area contributed by atoms with Crippen LogP contribution in [0.4, 0.5) is 0 Å². The topological polar surface area (TPSA) is 54.7 Å². The molecule has 2 aromatic heterocycles. The molecule has 62 valence electrons. The molecule has 0 unspecified atom stereocenters. The van der Waals surface area contributed by atoms with Gasteiger partial charge < -0.3 is 10.7 Å². The molecule has 0 aliphatic rings. The summed E-state index contributed by atoms with van der Waals surface area (Å²) in [6.45, 7) is 0.678. The van der Waals surface area contributed by atoms with E-state index in [0.717, 1.165) is 17.5 Å². The molecular weight excluding hydrogens is 150 g/mol. The number of hydrogen-bond acceptors (Lipinski definition) is 2. The smallest absolute Gasteiger partial charge is 0.137 e. The Hall–Kier alpha value is -1.35. The van der Waals surface area contributed by atoms with E-state index in [4.69, 9.17) is 5.73 Å². The third-order valence-corrected chi connectivity index (χ3v) is 1.89. The molecule has 0 fully saturated rings. The summed E-state index contributed by atoms with van der Waals surface area (Å²) >= 11 is 0. The SMILES string of the molecule is NCCc1cnc2[nH]ccc2c1. The highest BCUT2D eigenvalue weighted by molar-refractivity contribution is 5.75. The van der Waals surface area contributed by atoms with Crippen LogP contribution in [0.2, 0.25) is 0 Å². The molecule has 0 bridgehead atoms. The molecule has 0 atom stereocenters. The van der Waals surface area contributed by atoms with Gasteiger partial charge in [0, 0.05) is 17.8 Å². The van der Waals surface area contributed by atoms with E-state index < -0.39 is 0 Å². The van der Waals surface area contributed by atoms with E-state index in [2.05, 4.69) is 16.0 Å². The number of nitrogens with two attached hydrogens (primary N) is 1. The summed E-state index contributed by atoms with van der Waals surface area (Å²) in [5.41, 5.74) is 7.58. The summed E-state index contributed by atoms with van der Waals surface area (Å²) in [6, 6.07) is 4.13. The first-order valence-electron chi connectivity index (χ1n) is 4.02. The molecular formula is C9H11N3. The maximum absolute atomic E-state index is 5.44. The number of aromatic nitrogens is 2. The standard InChI is InChI=1S/C9H11N3/c10-3-1-7-5-8-2-4-11-9(8)12-6-7/h2,4-6H,1,3,10H2,(H,11,12). The third kappa shape index (κ3) is 1.19. The van der Waals surface area contributed by atoms with E-state index in [1.807, 2.05) is 18.5 Å². The average Bonchev–Trinajstić information content (AvgIpc) is 2.51. The highest BCUT2D eigenvalue weighted by Crippen LogP contribution is 2.10. The predicted octanol–water partition coefficient (Wildman–Crippen LogP) is 1.06. The van der Waals surface area contributed by atoms with Crippen molar-refractivity contribution in [1.82, 2.24) is 9.97 Å². The number of H-pyrrole nitrogens is 1. The Morgan fingerprint density at radius 1 is 1.50 bits per heavy atom. The summed E-state index contributed by atoms with van der Waals surface area (Å²) < 4.78 is 0. The average molecular weight is 161 g/mol. The molecule has 2 rings (SSSR count). The second-order valence-corrected chi connectivity index (χ2v) is 2.80. The molecule has 3 N–H and O–H groups in total. The zero-order valence-electron chi connectivity index (χ0n) is 6.75. The Morgan fingerprint density at radius 2 is 2.42 bits per heavy atom. The number of pyridine rings is 1. The van der Waals surface area contributed by atoms with Crippen molar-refractivity contribution in [3.8, 4) is 0 Å². The maximum Gasteiger partial charge on any atom is 0.137 e. The maximum atomic E-state index is 5.44. The van der Waals surface area contributed by atoms with Crippen LogP contribution >= 0.6 is 0 Å². The van der Waals surface area contributed by atoms with Crippen LogP contribution in [0.3, 0.4) is 0 Å². The molecule has 0 saturated heterocycles. The molecule has 0 aliphatic carbocycles. The van der Waals surface area contributed by atoms with Crippen LogP contribution in [0.1, 0.15) is 5.56 Å². The highest BCUT2D eigenvalue weighted by Gasteiger charge is 1.96. The first-order valence-corrected chi connectivity index (χ1v) is 4.02. The van der Waals surface area contributed by atoms with Crippen molar-refractivity contribution < 1.29 is 0 Å². The van der Waals surface area contributed by atoms with Gasteiger partial charge in [0.25, 0.3) is 0 Å². The first-order chi connectivity index (χ1) is 5.90. The van der Waals surface area contributed by atoms with Crippen LogP contribution in [-0.2, 0) is 6.42 Å². The van der Waals surface area contributed by atoms with Gasteiger partial charge in [0.05, 0.1) is 0 Å². The first kappa shape index (κ1) is 7.31. The largest absolute Gasteiger partial charge is 0.346 e. The van der Waals surface area contributed by atoms with Crippen LogP contribution in [0.15, 0.2) is 24.5 Å². The monoisotopic (exact) mass is 161 g/mol. The quantitative estimate of drug-likeness (QED) is 0.692. The minimum atomic E-state index is 0.678. The fourth-order valence-electron chi connectivity index (χ4n) is 1.29. The van der Waals surface area contributed by atoms with E-state index in [1.54, 1.807) is 0 Å². The molecule has 0 radical (unpaired) electrons. The van der Waals surface area contributed by atoms with Crippen LogP contribution in [-0.4, -0.2) is 16.5 Å². The van der Waals surface area contributed by atoms with Gasteiger partial charge in [0.1, 0.15) is 5.65 Å². The second-order valence-electron chi connectivity index (χ2n) is 2.80. The van der Waals surface area contributed by atoms with Gasteiger partial charge in [-0.15, -0.1) is 0 Å². The van der Waals surface area contributed by atoms with Crippen LogP contribution in [0.5, 0.6) is 0 Å². The van der Waals surface area contributed by atoms with Gasteiger partial charge >= 0.3 is 0 Å². The van der Waals surface area contributed by atoms with E-state index in [0.29, 0.717) is 6.54 Å². The summed E-state index contributed by atoms with van der Waals surface area (Å²) in [5.74, 6) is 0. The number of nitrogens with zero attached hydrogens (tertiary/aromatic N) is 1. The third-order valence-electron chi connectivity index (χ3n) is 1.89. The Bertz CT molecular complexity index is 378. The molecule has 0 amide bonds. The van der Waals surface area contributed by atoms with E-state index in [1.165, 1.54) is 5.56 Å². The van der Waals surface area contributed by atoms with Gasteiger partial charge in [0.2, 0.25) is 0 Å². The van der Waals surface area contributed by atoms with E-state index >= 15 is 0 Å². The summed E-state index contributed by atoms with van der Waals surface area (Å²) in [4.78, 5) is 7.30. The fraction of sp³-hybridized carbons (Fsp3) is 0.222. The summed E-state index contributed by atoms with van der Waals surface area (Å²) in [5, 5.41) is 1.15. The normalized spacial score (nSPS) is 10.8. The van der Waals surface area contributed by atoms with Gasteiger partial charge in [-0.25, -0.2) is 4.98 Å². The lowest BCUT2D eigenvalue weighted by molar-refractivity contribution is 0.963. The van der Waals surface area contributed by atoms with Gasteiger partial charge in [-0.3, -0.25) is 0 Å². The molecule has 12 heavy (non-hydrogen) atoms. The number of fused-ring (bicyclic) bond motifs is 1. The minimum absolute atomic E-state index is 0.678. The number of hydrogen-bond donors (Lipinski definition) is 2. The van der Waals surface area contributed by atoms with Crippen molar-refractivity contribution in [3.05, 3.63) is 30.1 Å². The van der Waals surface area contributed by atoms with Crippen molar-refractivity contribution in [3.63, 3.8) is 0 Å². The van der Waals surface area contributed by atoms with Crippen LogP contribution in [0.25, 0.3) is 11.0 Å². The summed E-state index contributed by atoms with van der Waals surface area (Å²) in [6.07, 6.45) is 4.66. The van der Waals surface area contributed by atoms with E-state index in [9.17, 15) is 0 Å². The fourth-order valence-corrected chi connectivity index (χ4v) is 1.29. The Morgan fingerprint density at radius 3 is 3.25 bits per heavy atom. The Labute approximate surface area is 70.6 Å². The number of aromatic amines is 1. The molecule has 3 nitrogen and oxygen atoms in total. The molecule has 2 aromatic rings. The zero-order chi connectivity index (χ0) is 8.39. The molecule has 0 aromatic carbocycles. The molecule has 0 saturated carbocycles. The number of rotatable bonds is 2. The Balaban J connectivity index is 2.46. The lowest BCUT2D eigenvalue weighted by atomic mass is 10.2. The van der Waals surface area contributed by atoms with Gasteiger partial charge in [0.15, 0.2) is 0 Å². The van der Waals surface area contributed by atoms with Gasteiger partial charge in [-0.05, 0) is 30.7 Å². The van der Waals surface area contributed by atoms with Gasteiger partial charge in [-0.2, -0.15) is 0 Å². The lowest BCUT2D eigenvalue weighted by Gasteiger charge is -1.96. The molecule has 0 spiro atoms. The van der Waals surface area contributed by atoms with Crippen molar-refractivity contribution >= 4 is 11.0 Å².